The lowest BCUT2D eigenvalue weighted by Gasteiger charge is -2.20. The van der Waals surface area contributed by atoms with Crippen molar-refractivity contribution in [1.29, 1.82) is 0 Å². The number of thioether (sulfide) groups is 1. The van der Waals surface area contributed by atoms with Gasteiger partial charge in [-0.3, -0.25) is 0 Å². The normalized spacial score (nSPS) is 12.7. The quantitative estimate of drug-likeness (QED) is 0.170. The average molecular weight is 560 g/mol. The first kappa shape index (κ1) is 28.9. The maximum Gasteiger partial charge on any atom is 0.335 e. The molecule has 0 fully saturated rings. The number of aromatic nitrogens is 1. The van der Waals surface area contributed by atoms with Gasteiger partial charge in [0.05, 0.1) is 22.4 Å². The van der Waals surface area contributed by atoms with Crippen LogP contribution in [-0.2, 0) is 6.42 Å². The van der Waals surface area contributed by atoms with E-state index in [1.807, 2.05) is 74.1 Å². The van der Waals surface area contributed by atoms with E-state index in [4.69, 9.17) is 16.6 Å². The number of hydrogen-bond donors (Lipinski definition) is 2. The molecule has 1 unspecified atom stereocenters. The van der Waals surface area contributed by atoms with Gasteiger partial charge in [-0.05, 0) is 92.3 Å². The molecule has 4 aromatic rings. The smallest absolute Gasteiger partial charge is 0.335 e. The zero-order valence-corrected chi connectivity index (χ0v) is 23.9. The molecule has 1 aromatic heterocycles. The van der Waals surface area contributed by atoms with Crippen LogP contribution in [0, 0.1) is 0 Å². The highest BCUT2D eigenvalue weighted by Crippen LogP contribution is 2.35. The number of pyridine rings is 1. The Morgan fingerprint density at radius 3 is 2.62 bits per heavy atom. The molecule has 6 heteroatoms. The van der Waals surface area contributed by atoms with Crippen LogP contribution in [-0.4, -0.2) is 32.5 Å². The molecular formula is C33H34ClNO3S. The third-order valence-corrected chi connectivity index (χ3v) is 8.25. The van der Waals surface area contributed by atoms with Gasteiger partial charge in [0.1, 0.15) is 0 Å². The van der Waals surface area contributed by atoms with Gasteiger partial charge in [0.15, 0.2) is 0 Å². The second kappa shape index (κ2) is 13.3. The number of carbonyl (C=O) groups is 1. The van der Waals surface area contributed by atoms with E-state index in [1.54, 1.807) is 12.1 Å². The zero-order valence-electron chi connectivity index (χ0n) is 22.3. The number of nitrogens with zero attached hydrogens (tertiary/aromatic N) is 1. The third-order valence-electron chi connectivity index (χ3n) is 6.58. The van der Waals surface area contributed by atoms with E-state index >= 15 is 0 Å². The highest BCUT2D eigenvalue weighted by molar-refractivity contribution is 7.99. The molecule has 1 heterocycles. The van der Waals surface area contributed by atoms with E-state index in [2.05, 4.69) is 30.3 Å². The molecule has 0 saturated heterocycles. The number of hydrogen-bond acceptors (Lipinski definition) is 4. The maximum absolute atomic E-state index is 11.7. The highest BCUT2D eigenvalue weighted by atomic mass is 35.5. The molecule has 2 N–H and O–H groups in total. The Hall–Kier alpha value is -3.12. The molecule has 4 nitrogen and oxygen atoms in total. The Morgan fingerprint density at radius 2 is 1.82 bits per heavy atom. The lowest BCUT2D eigenvalue weighted by atomic mass is 9.98. The Morgan fingerprint density at radius 1 is 1.03 bits per heavy atom. The first-order chi connectivity index (χ1) is 18.7. The van der Waals surface area contributed by atoms with Gasteiger partial charge in [0.2, 0.25) is 0 Å². The number of halogens is 1. The molecule has 0 aliphatic heterocycles. The topological polar surface area (TPSA) is 70.4 Å². The third kappa shape index (κ3) is 8.69. The maximum atomic E-state index is 11.7. The lowest BCUT2D eigenvalue weighted by Crippen LogP contribution is -2.18. The molecule has 4 rings (SSSR count). The van der Waals surface area contributed by atoms with Crippen LogP contribution in [0.3, 0.4) is 0 Å². The molecule has 1 atom stereocenters. The standard InChI is InChI=1S/C33H34ClNO3S/c1-33(2,38)19-6-20-39-31(18-14-24-8-3-4-10-29(24)32(36)37)26-9-5-7-23(21-26)11-16-28-17-13-25-12-15-27(34)22-30(25)35-28/h3-5,7-13,15-17,21-22,31,38H,6,14,18-20H2,1-2H3,(H,36,37)/b16-11+. The van der Waals surface area contributed by atoms with Crippen molar-refractivity contribution in [2.45, 2.75) is 50.4 Å². The van der Waals surface area contributed by atoms with Crippen molar-refractivity contribution in [1.82, 2.24) is 4.98 Å². The Balaban J connectivity index is 1.52. The van der Waals surface area contributed by atoms with E-state index in [9.17, 15) is 15.0 Å². The molecule has 0 aliphatic carbocycles. The highest BCUT2D eigenvalue weighted by Gasteiger charge is 2.17. The number of aryl methyl sites for hydroxylation is 1. The van der Waals surface area contributed by atoms with Gasteiger partial charge in [-0.25, -0.2) is 9.78 Å². The van der Waals surface area contributed by atoms with Gasteiger partial charge in [0.25, 0.3) is 0 Å². The second-order valence-corrected chi connectivity index (χ2v) is 12.1. The SMILES string of the molecule is CC(C)(O)CCCSC(CCc1ccccc1C(=O)O)c1cccc(/C=C/c2ccc3ccc(Cl)cc3n2)c1. The van der Waals surface area contributed by atoms with Gasteiger partial charge in [0, 0.05) is 15.7 Å². The van der Waals surface area contributed by atoms with Crippen LogP contribution in [0.5, 0.6) is 0 Å². The Labute approximate surface area is 239 Å². The van der Waals surface area contributed by atoms with E-state index in [-0.39, 0.29) is 5.25 Å². The monoisotopic (exact) mass is 559 g/mol. The van der Waals surface area contributed by atoms with Gasteiger partial charge >= 0.3 is 5.97 Å². The fraction of sp³-hybridized carbons (Fsp3) is 0.273. The molecule has 0 amide bonds. The van der Waals surface area contributed by atoms with Crippen molar-refractivity contribution in [2.75, 3.05) is 5.75 Å². The molecule has 0 bridgehead atoms. The number of carboxylic acid groups (broad SMARTS) is 1. The van der Waals surface area contributed by atoms with Crippen LogP contribution in [0.2, 0.25) is 5.02 Å². The van der Waals surface area contributed by atoms with E-state index in [1.165, 1.54) is 5.56 Å². The molecule has 0 spiro atoms. The number of benzene rings is 3. The number of rotatable bonds is 12. The summed E-state index contributed by atoms with van der Waals surface area (Å²) in [4.78, 5) is 16.4. The average Bonchev–Trinajstić information content (AvgIpc) is 2.91. The first-order valence-corrected chi connectivity index (χ1v) is 14.6. The van der Waals surface area contributed by atoms with E-state index < -0.39 is 11.6 Å². The van der Waals surface area contributed by atoms with Gasteiger partial charge < -0.3 is 10.2 Å². The van der Waals surface area contributed by atoms with Crippen molar-refractivity contribution < 1.29 is 15.0 Å². The van der Waals surface area contributed by atoms with Crippen molar-refractivity contribution in [3.05, 3.63) is 112 Å². The number of aromatic carboxylic acids is 1. The van der Waals surface area contributed by atoms with E-state index in [0.29, 0.717) is 17.0 Å². The minimum Gasteiger partial charge on any atom is -0.478 e. The predicted octanol–water partition coefficient (Wildman–Crippen LogP) is 8.72. The Bertz CT molecular complexity index is 1460. The summed E-state index contributed by atoms with van der Waals surface area (Å²) in [6, 6.07) is 25.5. The van der Waals surface area contributed by atoms with Gasteiger partial charge in [-0.15, -0.1) is 0 Å². The van der Waals surface area contributed by atoms with Crippen LogP contribution >= 0.6 is 23.4 Å². The zero-order chi connectivity index (χ0) is 27.8. The summed E-state index contributed by atoms with van der Waals surface area (Å²) in [6.45, 7) is 3.68. The molecular weight excluding hydrogens is 526 g/mol. The summed E-state index contributed by atoms with van der Waals surface area (Å²) in [5, 5.41) is 21.6. The van der Waals surface area contributed by atoms with Crippen LogP contribution in [0.15, 0.2) is 78.9 Å². The summed E-state index contributed by atoms with van der Waals surface area (Å²) < 4.78 is 0. The fourth-order valence-electron chi connectivity index (χ4n) is 4.55. The number of aliphatic hydroxyl groups is 1. The van der Waals surface area contributed by atoms with Gasteiger partial charge in [-0.2, -0.15) is 11.8 Å². The second-order valence-electron chi connectivity index (χ2n) is 10.4. The summed E-state index contributed by atoms with van der Waals surface area (Å²) in [6.07, 6.45) is 7.22. The summed E-state index contributed by atoms with van der Waals surface area (Å²) in [7, 11) is 0. The lowest BCUT2D eigenvalue weighted by molar-refractivity contribution is 0.0691. The van der Waals surface area contributed by atoms with Crippen LogP contribution in [0.25, 0.3) is 23.1 Å². The van der Waals surface area contributed by atoms with Crippen molar-refractivity contribution in [3.8, 4) is 0 Å². The molecule has 3 aromatic carbocycles. The molecule has 0 radical (unpaired) electrons. The summed E-state index contributed by atoms with van der Waals surface area (Å²) >= 11 is 8.01. The number of carboxylic acids is 1. The summed E-state index contributed by atoms with van der Waals surface area (Å²) in [5.74, 6) is 0.0236. The fourth-order valence-corrected chi connectivity index (χ4v) is 5.94. The minimum absolute atomic E-state index is 0.197. The molecule has 202 valence electrons. The van der Waals surface area contributed by atoms with Crippen molar-refractivity contribution >= 4 is 52.4 Å². The largest absolute Gasteiger partial charge is 0.478 e. The molecule has 0 saturated carbocycles. The predicted molar refractivity (Wildman–Crippen MR) is 165 cm³/mol. The van der Waals surface area contributed by atoms with Crippen molar-refractivity contribution in [3.63, 3.8) is 0 Å². The van der Waals surface area contributed by atoms with Crippen LogP contribution < -0.4 is 0 Å². The van der Waals surface area contributed by atoms with Crippen LogP contribution in [0.4, 0.5) is 0 Å². The first-order valence-electron chi connectivity index (χ1n) is 13.2. The van der Waals surface area contributed by atoms with Gasteiger partial charge in [-0.1, -0.05) is 72.3 Å². The van der Waals surface area contributed by atoms with E-state index in [0.717, 1.165) is 52.7 Å². The molecule has 39 heavy (non-hydrogen) atoms. The Kier molecular flexibility index (Phi) is 9.84. The van der Waals surface area contributed by atoms with Crippen LogP contribution in [0.1, 0.15) is 71.1 Å². The molecule has 0 aliphatic rings. The minimum atomic E-state index is -0.892. The van der Waals surface area contributed by atoms with Crippen molar-refractivity contribution in [2.24, 2.45) is 0 Å². The number of fused-ring (bicyclic) bond motifs is 1. The summed E-state index contributed by atoms with van der Waals surface area (Å²) in [5.41, 5.74) is 4.55.